The van der Waals surface area contributed by atoms with Gasteiger partial charge in [-0.05, 0) is 25.3 Å². The lowest BCUT2D eigenvalue weighted by Gasteiger charge is -2.25. The number of aryl methyl sites for hydroxylation is 1. The van der Waals surface area contributed by atoms with Crippen molar-refractivity contribution in [2.45, 2.75) is 33.2 Å². The third-order valence-electron chi connectivity index (χ3n) is 3.83. The number of carbonyl (C=O) groups is 2. The second-order valence-electron chi connectivity index (χ2n) is 5.90. The average molecular weight is 289 g/mol. The van der Waals surface area contributed by atoms with Gasteiger partial charge in [-0.15, -0.1) is 0 Å². The third kappa shape index (κ3) is 4.31. The second kappa shape index (κ2) is 6.74. The number of benzene rings is 1. The zero-order chi connectivity index (χ0) is 15.4. The highest BCUT2D eigenvalue weighted by Crippen LogP contribution is 2.31. The van der Waals surface area contributed by atoms with Crippen LogP contribution in [0.3, 0.4) is 0 Å². The first kappa shape index (κ1) is 15.5. The van der Waals surface area contributed by atoms with Crippen LogP contribution in [0.5, 0.6) is 0 Å². The molecule has 1 aliphatic carbocycles. The van der Waals surface area contributed by atoms with Crippen molar-refractivity contribution in [1.82, 2.24) is 4.90 Å². The first-order chi connectivity index (χ1) is 10.0. The SMILES string of the molecule is COC(=O)C(C)CN(Cc1ccc(C)cc1)C(=O)C1CC1. The van der Waals surface area contributed by atoms with Gasteiger partial charge in [0.2, 0.25) is 5.91 Å². The number of hydrogen-bond acceptors (Lipinski definition) is 3. The molecule has 0 spiro atoms. The standard InChI is InChI=1S/C17H23NO3/c1-12-4-6-14(7-5-12)11-18(16(19)15-8-9-15)10-13(2)17(20)21-3/h4-7,13,15H,8-11H2,1-3H3. The van der Waals surface area contributed by atoms with Crippen LogP contribution in [0.4, 0.5) is 0 Å². The van der Waals surface area contributed by atoms with Crippen LogP contribution in [0.15, 0.2) is 24.3 Å². The normalized spacial score (nSPS) is 15.4. The molecule has 0 saturated heterocycles. The minimum Gasteiger partial charge on any atom is -0.469 e. The molecule has 1 aromatic carbocycles. The molecule has 1 fully saturated rings. The van der Waals surface area contributed by atoms with Crippen LogP contribution in [-0.4, -0.2) is 30.4 Å². The summed E-state index contributed by atoms with van der Waals surface area (Å²) in [7, 11) is 1.38. The van der Waals surface area contributed by atoms with Crippen LogP contribution < -0.4 is 0 Å². The minimum atomic E-state index is -0.303. The molecule has 1 saturated carbocycles. The van der Waals surface area contributed by atoms with Gasteiger partial charge in [-0.1, -0.05) is 36.8 Å². The van der Waals surface area contributed by atoms with Crippen LogP contribution in [0.25, 0.3) is 0 Å². The van der Waals surface area contributed by atoms with E-state index in [1.54, 1.807) is 11.8 Å². The van der Waals surface area contributed by atoms with Crippen molar-refractivity contribution >= 4 is 11.9 Å². The molecule has 0 N–H and O–H groups in total. The van der Waals surface area contributed by atoms with E-state index >= 15 is 0 Å². The Balaban J connectivity index is 2.06. The maximum atomic E-state index is 12.4. The number of hydrogen-bond donors (Lipinski definition) is 0. The summed E-state index contributed by atoms with van der Waals surface area (Å²) >= 11 is 0. The summed E-state index contributed by atoms with van der Waals surface area (Å²) in [5, 5.41) is 0. The summed E-state index contributed by atoms with van der Waals surface area (Å²) in [5.74, 6) is -0.262. The maximum absolute atomic E-state index is 12.4. The fourth-order valence-electron chi connectivity index (χ4n) is 2.34. The molecule has 1 unspecified atom stereocenters. The smallest absolute Gasteiger partial charge is 0.310 e. The summed E-state index contributed by atoms with van der Waals surface area (Å²) in [5.41, 5.74) is 2.29. The van der Waals surface area contributed by atoms with Crippen molar-refractivity contribution in [3.05, 3.63) is 35.4 Å². The molecule has 1 aromatic rings. The average Bonchev–Trinajstić information content (AvgIpc) is 3.31. The van der Waals surface area contributed by atoms with Gasteiger partial charge in [0.25, 0.3) is 0 Å². The van der Waals surface area contributed by atoms with Crippen LogP contribution in [0.2, 0.25) is 0 Å². The molecule has 0 radical (unpaired) electrons. The van der Waals surface area contributed by atoms with Crippen molar-refractivity contribution in [1.29, 1.82) is 0 Å². The number of amides is 1. The number of ether oxygens (including phenoxy) is 1. The van der Waals surface area contributed by atoms with Crippen LogP contribution >= 0.6 is 0 Å². The predicted molar refractivity (Wildman–Crippen MR) is 80.5 cm³/mol. The summed E-state index contributed by atoms with van der Waals surface area (Å²) in [6, 6.07) is 8.15. The van der Waals surface area contributed by atoms with Crippen molar-refractivity contribution in [2.24, 2.45) is 11.8 Å². The van der Waals surface area contributed by atoms with E-state index in [2.05, 4.69) is 0 Å². The zero-order valence-corrected chi connectivity index (χ0v) is 13.0. The first-order valence-corrected chi connectivity index (χ1v) is 7.43. The Morgan fingerprint density at radius 2 is 1.90 bits per heavy atom. The van der Waals surface area contributed by atoms with Gasteiger partial charge >= 0.3 is 5.97 Å². The van der Waals surface area contributed by atoms with Crippen molar-refractivity contribution in [2.75, 3.05) is 13.7 Å². The monoisotopic (exact) mass is 289 g/mol. The molecule has 114 valence electrons. The van der Waals surface area contributed by atoms with E-state index in [0.29, 0.717) is 13.1 Å². The molecule has 4 heteroatoms. The zero-order valence-electron chi connectivity index (χ0n) is 13.0. The fourth-order valence-corrected chi connectivity index (χ4v) is 2.34. The number of esters is 1. The minimum absolute atomic E-state index is 0.153. The molecular formula is C17H23NO3. The predicted octanol–water partition coefficient (Wildman–Crippen LogP) is 2.54. The molecule has 0 heterocycles. The second-order valence-corrected chi connectivity index (χ2v) is 5.90. The molecule has 0 aromatic heterocycles. The Morgan fingerprint density at radius 3 is 2.43 bits per heavy atom. The number of carbonyl (C=O) groups excluding carboxylic acids is 2. The van der Waals surface area contributed by atoms with Crippen molar-refractivity contribution < 1.29 is 14.3 Å². The van der Waals surface area contributed by atoms with E-state index in [1.807, 2.05) is 31.2 Å². The van der Waals surface area contributed by atoms with Crippen molar-refractivity contribution in [3.63, 3.8) is 0 Å². The van der Waals surface area contributed by atoms with E-state index < -0.39 is 0 Å². The van der Waals surface area contributed by atoms with Gasteiger partial charge in [-0.3, -0.25) is 9.59 Å². The highest BCUT2D eigenvalue weighted by atomic mass is 16.5. The highest BCUT2D eigenvalue weighted by Gasteiger charge is 2.34. The van der Waals surface area contributed by atoms with Crippen LogP contribution in [0, 0.1) is 18.8 Å². The summed E-state index contributed by atoms with van der Waals surface area (Å²) in [6.45, 7) is 4.80. The summed E-state index contributed by atoms with van der Waals surface area (Å²) in [6.07, 6.45) is 1.94. The largest absolute Gasteiger partial charge is 0.469 e. The van der Waals surface area contributed by atoms with Crippen LogP contribution in [0.1, 0.15) is 30.9 Å². The molecule has 1 aliphatic rings. The van der Waals surface area contributed by atoms with Gasteiger partial charge in [0.05, 0.1) is 13.0 Å². The van der Waals surface area contributed by atoms with Gasteiger partial charge < -0.3 is 9.64 Å². The van der Waals surface area contributed by atoms with E-state index in [0.717, 1.165) is 18.4 Å². The number of methoxy groups -OCH3 is 1. The number of nitrogens with zero attached hydrogens (tertiary/aromatic N) is 1. The third-order valence-corrected chi connectivity index (χ3v) is 3.83. The fraction of sp³-hybridized carbons (Fsp3) is 0.529. The lowest BCUT2D eigenvalue weighted by molar-refractivity contribution is -0.146. The lowest BCUT2D eigenvalue weighted by atomic mass is 10.1. The van der Waals surface area contributed by atoms with E-state index in [9.17, 15) is 9.59 Å². The molecule has 4 nitrogen and oxygen atoms in total. The first-order valence-electron chi connectivity index (χ1n) is 7.43. The van der Waals surface area contributed by atoms with E-state index in [1.165, 1.54) is 12.7 Å². The Hall–Kier alpha value is -1.84. The maximum Gasteiger partial charge on any atom is 0.310 e. The Bertz CT molecular complexity index is 505. The topological polar surface area (TPSA) is 46.6 Å². The molecule has 0 bridgehead atoms. The molecule has 21 heavy (non-hydrogen) atoms. The summed E-state index contributed by atoms with van der Waals surface area (Å²) in [4.78, 5) is 25.8. The van der Waals surface area contributed by atoms with Gasteiger partial charge in [-0.2, -0.15) is 0 Å². The van der Waals surface area contributed by atoms with Gasteiger partial charge in [-0.25, -0.2) is 0 Å². The quantitative estimate of drug-likeness (QED) is 0.756. The Kier molecular flexibility index (Phi) is 4.99. The van der Waals surface area contributed by atoms with E-state index in [4.69, 9.17) is 4.74 Å². The Morgan fingerprint density at radius 1 is 1.29 bits per heavy atom. The lowest BCUT2D eigenvalue weighted by Crippen LogP contribution is -2.37. The van der Waals surface area contributed by atoms with Crippen molar-refractivity contribution in [3.8, 4) is 0 Å². The Labute approximate surface area is 126 Å². The molecule has 0 aliphatic heterocycles. The highest BCUT2D eigenvalue weighted by molar-refractivity contribution is 5.82. The molecule has 2 rings (SSSR count). The van der Waals surface area contributed by atoms with Crippen LogP contribution in [-0.2, 0) is 20.9 Å². The molecule has 1 amide bonds. The summed E-state index contributed by atoms with van der Waals surface area (Å²) < 4.78 is 4.76. The number of rotatable bonds is 6. The molecule has 1 atom stereocenters. The van der Waals surface area contributed by atoms with E-state index in [-0.39, 0.29) is 23.7 Å². The van der Waals surface area contributed by atoms with Gasteiger partial charge in [0.15, 0.2) is 0 Å². The van der Waals surface area contributed by atoms with Gasteiger partial charge in [0.1, 0.15) is 0 Å². The molecular weight excluding hydrogens is 266 g/mol. The van der Waals surface area contributed by atoms with Gasteiger partial charge in [0, 0.05) is 19.0 Å².